The Balaban J connectivity index is 1.55. The van der Waals surface area contributed by atoms with Crippen molar-refractivity contribution in [3.05, 3.63) is 69.9 Å². The van der Waals surface area contributed by atoms with Gasteiger partial charge in [0.25, 0.3) is 0 Å². The normalized spacial score (nSPS) is 18.2. The Labute approximate surface area is 181 Å². The SMILES string of the molecule is Cc1ncc2c(n1)C[C@@](C)(c1sc(-c3cccc(-c4nnco4)c3)cc1Cl)N=C2N. The first kappa shape index (κ1) is 18.9. The predicted molar refractivity (Wildman–Crippen MR) is 117 cm³/mol. The van der Waals surface area contributed by atoms with Crippen molar-refractivity contribution in [2.24, 2.45) is 10.7 Å². The Kier molecular flexibility index (Phi) is 4.41. The summed E-state index contributed by atoms with van der Waals surface area (Å²) in [5, 5.41) is 8.39. The minimum atomic E-state index is -0.595. The third-order valence-corrected chi connectivity index (χ3v) is 6.92. The summed E-state index contributed by atoms with van der Waals surface area (Å²) in [6, 6.07) is 9.88. The molecule has 1 atom stereocenters. The molecular formula is C21H17ClN6OS. The summed E-state index contributed by atoms with van der Waals surface area (Å²) in [6.07, 6.45) is 3.66. The minimum Gasteiger partial charge on any atom is -0.423 e. The van der Waals surface area contributed by atoms with E-state index in [1.807, 2.05) is 44.2 Å². The monoisotopic (exact) mass is 436 g/mol. The maximum atomic E-state index is 6.69. The van der Waals surface area contributed by atoms with Crippen molar-refractivity contribution in [3.8, 4) is 21.9 Å². The first-order valence-electron chi connectivity index (χ1n) is 9.28. The van der Waals surface area contributed by atoms with Crippen LogP contribution >= 0.6 is 22.9 Å². The van der Waals surface area contributed by atoms with E-state index in [1.165, 1.54) is 6.39 Å². The molecule has 4 aromatic rings. The van der Waals surface area contributed by atoms with E-state index in [0.717, 1.165) is 32.1 Å². The molecular weight excluding hydrogens is 420 g/mol. The lowest BCUT2D eigenvalue weighted by atomic mass is 9.89. The van der Waals surface area contributed by atoms with Crippen LogP contribution in [0.15, 0.2) is 52.3 Å². The van der Waals surface area contributed by atoms with E-state index in [-0.39, 0.29) is 0 Å². The molecule has 30 heavy (non-hydrogen) atoms. The molecule has 4 heterocycles. The van der Waals surface area contributed by atoms with Gasteiger partial charge in [0, 0.05) is 23.1 Å². The Morgan fingerprint density at radius 1 is 1.23 bits per heavy atom. The molecule has 150 valence electrons. The van der Waals surface area contributed by atoms with Crippen LogP contribution in [0.5, 0.6) is 0 Å². The van der Waals surface area contributed by atoms with Gasteiger partial charge in [-0.25, -0.2) is 9.97 Å². The summed E-state index contributed by atoms with van der Waals surface area (Å²) in [5.41, 5.74) is 9.21. The maximum Gasteiger partial charge on any atom is 0.247 e. The fourth-order valence-corrected chi connectivity index (χ4v) is 5.30. The molecule has 0 saturated heterocycles. The molecule has 2 N–H and O–H groups in total. The smallest absolute Gasteiger partial charge is 0.247 e. The molecule has 3 aromatic heterocycles. The van der Waals surface area contributed by atoms with Crippen LogP contribution in [0.3, 0.4) is 0 Å². The second-order valence-electron chi connectivity index (χ2n) is 7.34. The molecule has 5 rings (SSSR count). The summed E-state index contributed by atoms with van der Waals surface area (Å²) in [6.45, 7) is 3.91. The highest BCUT2D eigenvalue weighted by Gasteiger charge is 2.36. The van der Waals surface area contributed by atoms with Gasteiger partial charge in [-0.1, -0.05) is 23.7 Å². The van der Waals surface area contributed by atoms with E-state index in [1.54, 1.807) is 17.5 Å². The van der Waals surface area contributed by atoms with Crippen molar-refractivity contribution in [2.75, 3.05) is 0 Å². The number of nitrogens with two attached hydrogens (primary N) is 1. The standard InChI is InChI=1S/C21H17ClN6OS/c1-11-24-9-14-16(26-11)8-21(2,27-19(14)23)18-15(22)7-17(30-18)12-4-3-5-13(6-12)20-28-25-10-29-20/h3-7,9-10H,8H2,1-2H3,(H2,23,27)/t21-/m0/s1. The second kappa shape index (κ2) is 7.00. The lowest BCUT2D eigenvalue weighted by molar-refractivity contribution is 0.489. The number of nitrogens with zero attached hydrogens (tertiary/aromatic N) is 5. The Bertz CT molecular complexity index is 1280. The van der Waals surface area contributed by atoms with Crippen molar-refractivity contribution < 1.29 is 4.42 Å². The van der Waals surface area contributed by atoms with Crippen LogP contribution in [0.2, 0.25) is 5.02 Å². The van der Waals surface area contributed by atoms with Gasteiger partial charge in [0.15, 0.2) is 0 Å². The highest BCUT2D eigenvalue weighted by molar-refractivity contribution is 7.16. The summed E-state index contributed by atoms with van der Waals surface area (Å²) in [7, 11) is 0. The lowest BCUT2D eigenvalue weighted by Crippen LogP contribution is -2.34. The van der Waals surface area contributed by atoms with Crippen LogP contribution in [0.4, 0.5) is 0 Å². The largest absolute Gasteiger partial charge is 0.423 e. The Morgan fingerprint density at radius 2 is 2.07 bits per heavy atom. The predicted octanol–water partition coefficient (Wildman–Crippen LogP) is 4.39. The van der Waals surface area contributed by atoms with Crippen LogP contribution < -0.4 is 5.73 Å². The number of aliphatic imine (C=N–C) groups is 1. The highest BCUT2D eigenvalue weighted by Crippen LogP contribution is 2.45. The number of aromatic nitrogens is 4. The van der Waals surface area contributed by atoms with Gasteiger partial charge in [0.2, 0.25) is 12.3 Å². The molecule has 0 bridgehead atoms. The quantitative estimate of drug-likeness (QED) is 0.510. The van der Waals surface area contributed by atoms with E-state index >= 15 is 0 Å². The topological polar surface area (TPSA) is 103 Å². The molecule has 0 spiro atoms. The Hall–Kier alpha value is -3.10. The van der Waals surface area contributed by atoms with Gasteiger partial charge in [-0.15, -0.1) is 21.5 Å². The number of hydrogen-bond donors (Lipinski definition) is 1. The molecule has 9 heteroatoms. The number of hydrogen-bond acceptors (Lipinski definition) is 8. The van der Waals surface area contributed by atoms with Crippen LogP contribution in [-0.2, 0) is 12.0 Å². The summed E-state index contributed by atoms with van der Waals surface area (Å²) in [5.74, 6) is 1.62. The van der Waals surface area contributed by atoms with Gasteiger partial charge in [-0.3, -0.25) is 4.99 Å². The van der Waals surface area contributed by atoms with Gasteiger partial charge in [-0.2, -0.15) is 0 Å². The maximum absolute atomic E-state index is 6.69. The highest BCUT2D eigenvalue weighted by atomic mass is 35.5. The van der Waals surface area contributed by atoms with Crippen LogP contribution in [0, 0.1) is 6.92 Å². The van der Waals surface area contributed by atoms with Crippen LogP contribution in [0.1, 0.15) is 28.9 Å². The van der Waals surface area contributed by atoms with Crippen molar-refractivity contribution in [1.82, 2.24) is 20.2 Å². The average Bonchev–Trinajstić information content (AvgIpc) is 3.38. The lowest BCUT2D eigenvalue weighted by Gasteiger charge is -2.30. The van der Waals surface area contributed by atoms with E-state index in [4.69, 9.17) is 26.7 Å². The summed E-state index contributed by atoms with van der Waals surface area (Å²) < 4.78 is 5.32. The van der Waals surface area contributed by atoms with Gasteiger partial charge < -0.3 is 10.2 Å². The van der Waals surface area contributed by atoms with Crippen molar-refractivity contribution in [3.63, 3.8) is 0 Å². The third kappa shape index (κ3) is 3.18. The van der Waals surface area contributed by atoms with E-state index in [0.29, 0.717) is 29.0 Å². The zero-order valence-corrected chi connectivity index (χ0v) is 17.8. The summed E-state index contributed by atoms with van der Waals surface area (Å²) >= 11 is 8.29. The fraction of sp³-hybridized carbons (Fsp3) is 0.190. The first-order chi connectivity index (χ1) is 14.4. The Morgan fingerprint density at radius 3 is 2.87 bits per heavy atom. The third-order valence-electron chi connectivity index (χ3n) is 5.07. The van der Waals surface area contributed by atoms with Crippen LogP contribution in [0.25, 0.3) is 21.9 Å². The number of benzene rings is 1. The van der Waals surface area contributed by atoms with Gasteiger partial charge in [-0.05, 0) is 37.6 Å². The zero-order valence-electron chi connectivity index (χ0n) is 16.3. The van der Waals surface area contributed by atoms with E-state index in [9.17, 15) is 0 Å². The number of aryl methyl sites for hydroxylation is 1. The number of halogens is 1. The van der Waals surface area contributed by atoms with E-state index in [2.05, 4.69) is 20.2 Å². The first-order valence-corrected chi connectivity index (χ1v) is 10.5. The molecule has 0 fully saturated rings. The molecule has 1 aliphatic rings. The van der Waals surface area contributed by atoms with Gasteiger partial charge in [0.1, 0.15) is 17.2 Å². The van der Waals surface area contributed by atoms with E-state index < -0.39 is 5.54 Å². The van der Waals surface area contributed by atoms with Crippen LogP contribution in [-0.4, -0.2) is 26.0 Å². The minimum absolute atomic E-state index is 0.433. The van der Waals surface area contributed by atoms with Crippen molar-refractivity contribution in [2.45, 2.75) is 25.8 Å². The average molecular weight is 437 g/mol. The van der Waals surface area contributed by atoms with Crippen molar-refractivity contribution in [1.29, 1.82) is 0 Å². The molecule has 0 radical (unpaired) electrons. The fourth-order valence-electron chi connectivity index (χ4n) is 3.67. The number of thiophene rings is 1. The number of amidine groups is 1. The molecule has 0 amide bonds. The second-order valence-corrected chi connectivity index (χ2v) is 8.80. The van der Waals surface area contributed by atoms with Crippen molar-refractivity contribution >= 4 is 28.8 Å². The number of fused-ring (bicyclic) bond motifs is 1. The molecule has 0 saturated carbocycles. The molecule has 1 aliphatic heterocycles. The van der Waals surface area contributed by atoms with Gasteiger partial charge >= 0.3 is 0 Å². The molecule has 0 aliphatic carbocycles. The zero-order chi connectivity index (χ0) is 20.9. The molecule has 0 unspecified atom stereocenters. The molecule has 1 aromatic carbocycles. The van der Waals surface area contributed by atoms with Gasteiger partial charge in [0.05, 0.1) is 21.2 Å². The molecule has 7 nitrogen and oxygen atoms in total. The summed E-state index contributed by atoms with van der Waals surface area (Å²) in [4.78, 5) is 15.6. The number of rotatable bonds is 3.